The van der Waals surface area contributed by atoms with Gasteiger partial charge in [0.25, 0.3) is 5.91 Å². The van der Waals surface area contributed by atoms with Gasteiger partial charge in [-0.2, -0.15) is 0 Å². The monoisotopic (exact) mass is 423 g/mol. The summed E-state index contributed by atoms with van der Waals surface area (Å²) in [5, 5.41) is 3.36. The van der Waals surface area contributed by atoms with Crippen molar-refractivity contribution in [2.45, 2.75) is 38.0 Å². The quantitative estimate of drug-likeness (QED) is 0.615. The molecule has 5 nitrogen and oxygen atoms in total. The highest BCUT2D eigenvalue weighted by molar-refractivity contribution is 7.91. The molecule has 1 N–H and O–H groups in total. The lowest BCUT2D eigenvalue weighted by atomic mass is 10.0. The predicted octanol–water partition coefficient (Wildman–Crippen LogP) is 4.13. The minimum absolute atomic E-state index is 0.0218. The number of carbonyl (C=O) groups is 1. The van der Waals surface area contributed by atoms with Gasteiger partial charge in [0.05, 0.1) is 10.6 Å². The van der Waals surface area contributed by atoms with Crippen LogP contribution in [0.4, 0.5) is 0 Å². The molecule has 2 rings (SSSR count). The highest BCUT2D eigenvalue weighted by atomic mass is 35.5. The number of amides is 1. The Hall–Kier alpha value is -2.05. The Morgan fingerprint density at radius 2 is 1.86 bits per heavy atom. The van der Waals surface area contributed by atoms with Crippen LogP contribution in [0.15, 0.2) is 47.4 Å². The van der Waals surface area contributed by atoms with Gasteiger partial charge in [-0.15, -0.1) is 0 Å². The molecule has 0 aromatic heterocycles. The van der Waals surface area contributed by atoms with E-state index in [9.17, 15) is 13.2 Å². The number of hydrogen-bond donors (Lipinski definition) is 1. The molecule has 0 saturated carbocycles. The van der Waals surface area contributed by atoms with Crippen LogP contribution in [0.25, 0.3) is 0 Å². The van der Waals surface area contributed by atoms with Crippen LogP contribution in [0.3, 0.4) is 0 Å². The first-order valence-corrected chi connectivity index (χ1v) is 11.2. The van der Waals surface area contributed by atoms with Crippen molar-refractivity contribution in [1.29, 1.82) is 0 Å². The minimum Gasteiger partial charge on any atom is -0.483 e. The highest BCUT2D eigenvalue weighted by Crippen LogP contribution is 2.31. The second-order valence-corrected chi connectivity index (χ2v) is 9.43. The molecule has 2 aromatic carbocycles. The lowest BCUT2D eigenvalue weighted by Crippen LogP contribution is -2.30. The van der Waals surface area contributed by atoms with Gasteiger partial charge in [-0.25, -0.2) is 8.42 Å². The van der Waals surface area contributed by atoms with Crippen molar-refractivity contribution in [2.75, 3.05) is 18.9 Å². The normalized spacial score (nSPS) is 11.5. The summed E-state index contributed by atoms with van der Waals surface area (Å²) in [7, 11) is -3.33. The smallest absolute Gasteiger partial charge is 0.257 e. The van der Waals surface area contributed by atoms with Crippen LogP contribution in [-0.2, 0) is 14.6 Å². The molecule has 152 valence electrons. The molecule has 0 spiro atoms. The minimum atomic E-state index is -3.33. The average Bonchev–Trinajstić information content (AvgIpc) is 2.66. The molecular weight excluding hydrogens is 398 g/mol. The summed E-state index contributed by atoms with van der Waals surface area (Å²) < 4.78 is 30.1. The van der Waals surface area contributed by atoms with E-state index >= 15 is 0 Å². The van der Waals surface area contributed by atoms with E-state index in [1.54, 1.807) is 30.3 Å². The molecule has 0 bridgehead atoms. The second kappa shape index (κ2) is 9.94. The average molecular weight is 424 g/mol. The Morgan fingerprint density at radius 1 is 1.18 bits per heavy atom. The lowest BCUT2D eigenvalue weighted by molar-refractivity contribution is -0.123. The van der Waals surface area contributed by atoms with E-state index in [0.717, 1.165) is 11.1 Å². The van der Waals surface area contributed by atoms with E-state index in [1.807, 2.05) is 32.9 Å². The molecule has 7 heteroatoms. The Balaban J connectivity index is 1.82. The standard InChI is InChI=1S/C21H26ClNO4S/c1-15(2)18-13-19(22)16(3)12-20(18)27-14-21(24)23-10-7-11-28(25,26)17-8-5-4-6-9-17/h4-6,8-9,12-13,15H,7,10-11,14H2,1-3H3,(H,23,24). The first-order valence-electron chi connectivity index (χ1n) is 9.18. The van der Waals surface area contributed by atoms with Gasteiger partial charge in [-0.05, 0) is 54.7 Å². The fourth-order valence-electron chi connectivity index (χ4n) is 2.68. The predicted molar refractivity (Wildman–Crippen MR) is 112 cm³/mol. The Kier molecular flexibility index (Phi) is 7.89. The van der Waals surface area contributed by atoms with E-state index in [0.29, 0.717) is 22.1 Å². The fourth-order valence-corrected chi connectivity index (χ4v) is 4.18. The largest absolute Gasteiger partial charge is 0.483 e. The zero-order chi connectivity index (χ0) is 20.7. The summed E-state index contributed by atoms with van der Waals surface area (Å²) in [6, 6.07) is 12.0. The van der Waals surface area contributed by atoms with Gasteiger partial charge < -0.3 is 10.1 Å². The maximum absolute atomic E-state index is 12.2. The summed E-state index contributed by atoms with van der Waals surface area (Å²) in [6.45, 7) is 6.08. The van der Waals surface area contributed by atoms with Gasteiger partial charge in [-0.3, -0.25) is 4.79 Å². The Morgan fingerprint density at radius 3 is 2.50 bits per heavy atom. The maximum Gasteiger partial charge on any atom is 0.257 e. The van der Waals surface area contributed by atoms with Gasteiger partial charge in [-0.1, -0.05) is 43.6 Å². The third kappa shape index (κ3) is 6.24. The summed E-state index contributed by atoms with van der Waals surface area (Å²) in [5.74, 6) is 0.531. The number of sulfone groups is 1. The van der Waals surface area contributed by atoms with Gasteiger partial charge in [0.15, 0.2) is 16.4 Å². The van der Waals surface area contributed by atoms with Crippen LogP contribution in [0.1, 0.15) is 37.3 Å². The van der Waals surface area contributed by atoms with Crippen molar-refractivity contribution < 1.29 is 17.9 Å². The third-order valence-corrected chi connectivity index (χ3v) is 6.51. The van der Waals surface area contributed by atoms with Gasteiger partial charge in [0, 0.05) is 11.6 Å². The van der Waals surface area contributed by atoms with Crippen molar-refractivity contribution in [3.8, 4) is 5.75 Å². The molecule has 0 saturated heterocycles. The number of carbonyl (C=O) groups excluding carboxylic acids is 1. The number of nitrogens with one attached hydrogen (secondary N) is 1. The molecule has 28 heavy (non-hydrogen) atoms. The van der Waals surface area contributed by atoms with E-state index < -0.39 is 9.84 Å². The number of hydrogen-bond acceptors (Lipinski definition) is 4. The molecule has 0 atom stereocenters. The van der Waals surface area contributed by atoms with E-state index in [2.05, 4.69) is 5.32 Å². The van der Waals surface area contributed by atoms with Crippen LogP contribution in [0, 0.1) is 6.92 Å². The zero-order valence-electron chi connectivity index (χ0n) is 16.4. The maximum atomic E-state index is 12.2. The summed E-state index contributed by atoms with van der Waals surface area (Å²) in [5.41, 5.74) is 1.82. The third-order valence-electron chi connectivity index (χ3n) is 4.29. The number of benzene rings is 2. The van der Waals surface area contributed by atoms with Gasteiger partial charge in [0.2, 0.25) is 0 Å². The molecule has 2 aromatic rings. The first kappa shape index (κ1) is 22.2. The Bertz CT molecular complexity index is 912. The van der Waals surface area contributed by atoms with E-state index in [-0.39, 0.29) is 30.7 Å². The number of aryl methyl sites for hydroxylation is 1. The van der Waals surface area contributed by atoms with Crippen molar-refractivity contribution in [1.82, 2.24) is 5.32 Å². The van der Waals surface area contributed by atoms with Crippen LogP contribution in [0.2, 0.25) is 5.02 Å². The topological polar surface area (TPSA) is 72.5 Å². The zero-order valence-corrected chi connectivity index (χ0v) is 17.9. The van der Waals surface area contributed by atoms with Crippen molar-refractivity contribution in [3.05, 3.63) is 58.6 Å². The number of ether oxygens (including phenoxy) is 1. The molecule has 0 radical (unpaired) electrons. The molecule has 0 unspecified atom stereocenters. The molecule has 0 aliphatic heterocycles. The number of rotatable bonds is 9. The Labute approximate surface area is 172 Å². The SMILES string of the molecule is Cc1cc(OCC(=O)NCCCS(=O)(=O)c2ccccc2)c(C(C)C)cc1Cl. The summed E-state index contributed by atoms with van der Waals surface area (Å²) >= 11 is 6.17. The van der Waals surface area contributed by atoms with Crippen molar-refractivity contribution in [3.63, 3.8) is 0 Å². The second-order valence-electron chi connectivity index (χ2n) is 6.92. The van der Waals surface area contributed by atoms with E-state index in [1.165, 1.54) is 0 Å². The van der Waals surface area contributed by atoms with Crippen LogP contribution < -0.4 is 10.1 Å². The summed E-state index contributed by atoms with van der Waals surface area (Å²) in [4.78, 5) is 12.3. The molecule has 1 amide bonds. The molecule has 0 fully saturated rings. The van der Waals surface area contributed by atoms with Crippen LogP contribution >= 0.6 is 11.6 Å². The first-order chi connectivity index (χ1) is 13.2. The van der Waals surface area contributed by atoms with Crippen molar-refractivity contribution in [2.24, 2.45) is 0 Å². The van der Waals surface area contributed by atoms with Crippen LogP contribution in [0.5, 0.6) is 5.75 Å². The highest BCUT2D eigenvalue weighted by Gasteiger charge is 2.15. The van der Waals surface area contributed by atoms with Gasteiger partial charge >= 0.3 is 0 Å². The van der Waals surface area contributed by atoms with Crippen LogP contribution in [-0.4, -0.2) is 33.2 Å². The van der Waals surface area contributed by atoms with Gasteiger partial charge in [0.1, 0.15) is 5.75 Å². The molecule has 0 aliphatic rings. The van der Waals surface area contributed by atoms with E-state index in [4.69, 9.17) is 16.3 Å². The van der Waals surface area contributed by atoms with Crippen molar-refractivity contribution >= 4 is 27.3 Å². The molecular formula is C21H26ClNO4S. The number of halogens is 1. The fraction of sp³-hybridized carbons (Fsp3) is 0.381. The molecule has 0 heterocycles. The summed E-state index contributed by atoms with van der Waals surface area (Å²) in [6.07, 6.45) is 0.334. The molecule has 0 aliphatic carbocycles. The lowest BCUT2D eigenvalue weighted by Gasteiger charge is -2.16.